The molecule has 3 heteroatoms. The standard InChI is InChI=1S/C21H21NO2/c1-5-13-9-10-16-14(11-13)21(2,3)15-12-24-18-8-6-7-17(23-4)19(18)20(15)22-16/h1,6-11,15,20,22H,12H2,2-4H3/t15-,20-/m0/s1. The van der Waals surface area contributed by atoms with Gasteiger partial charge in [0.05, 0.1) is 25.3 Å². The predicted molar refractivity (Wildman–Crippen MR) is 95.7 cm³/mol. The molecule has 2 atom stereocenters. The first kappa shape index (κ1) is 15.0. The monoisotopic (exact) mass is 319 g/mol. The SMILES string of the molecule is C#Cc1ccc2c(c1)C(C)(C)[C@H]1COc3cccc(OC)c3[C@H]1N2. The lowest BCUT2D eigenvalue weighted by atomic mass is 9.65. The zero-order valence-corrected chi connectivity index (χ0v) is 14.2. The van der Waals surface area contributed by atoms with Crippen molar-refractivity contribution in [2.24, 2.45) is 5.92 Å². The van der Waals surface area contributed by atoms with Crippen molar-refractivity contribution in [1.29, 1.82) is 0 Å². The first-order chi connectivity index (χ1) is 11.6. The van der Waals surface area contributed by atoms with Gasteiger partial charge in [0.15, 0.2) is 0 Å². The highest BCUT2D eigenvalue weighted by molar-refractivity contribution is 5.64. The molecule has 1 N–H and O–H groups in total. The van der Waals surface area contributed by atoms with Crippen LogP contribution in [0.1, 0.15) is 36.6 Å². The first-order valence-electron chi connectivity index (χ1n) is 8.23. The Labute approximate surface area is 143 Å². The molecule has 2 aromatic rings. The van der Waals surface area contributed by atoms with Crippen LogP contribution in [-0.4, -0.2) is 13.7 Å². The summed E-state index contributed by atoms with van der Waals surface area (Å²) in [6.45, 7) is 5.22. The van der Waals surface area contributed by atoms with Gasteiger partial charge in [-0.1, -0.05) is 25.8 Å². The van der Waals surface area contributed by atoms with Crippen LogP contribution in [0.3, 0.4) is 0 Å². The number of terminal acetylenes is 1. The van der Waals surface area contributed by atoms with E-state index in [0.717, 1.165) is 28.3 Å². The van der Waals surface area contributed by atoms with Crippen LogP contribution in [0, 0.1) is 18.3 Å². The molecule has 4 rings (SSSR count). The number of benzene rings is 2. The van der Waals surface area contributed by atoms with Crippen molar-refractivity contribution in [2.75, 3.05) is 19.0 Å². The van der Waals surface area contributed by atoms with E-state index in [9.17, 15) is 0 Å². The number of fused-ring (bicyclic) bond motifs is 4. The molecule has 122 valence electrons. The summed E-state index contributed by atoms with van der Waals surface area (Å²) in [5.41, 5.74) is 4.35. The van der Waals surface area contributed by atoms with Crippen molar-refractivity contribution in [3.63, 3.8) is 0 Å². The van der Waals surface area contributed by atoms with Gasteiger partial charge in [-0.05, 0) is 35.9 Å². The quantitative estimate of drug-likeness (QED) is 0.802. The highest BCUT2D eigenvalue weighted by atomic mass is 16.5. The number of ether oxygens (including phenoxy) is 2. The number of rotatable bonds is 1. The Kier molecular flexibility index (Phi) is 3.25. The lowest BCUT2D eigenvalue weighted by Crippen LogP contribution is -2.46. The zero-order valence-electron chi connectivity index (χ0n) is 14.2. The Bertz CT molecular complexity index is 833. The second-order valence-electron chi connectivity index (χ2n) is 7.04. The van der Waals surface area contributed by atoms with Gasteiger partial charge in [0, 0.05) is 22.6 Å². The largest absolute Gasteiger partial charge is 0.496 e. The Morgan fingerprint density at radius 1 is 1.29 bits per heavy atom. The predicted octanol–water partition coefficient (Wildman–Crippen LogP) is 4.13. The molecule has 24 heavy (non-hydrogen) atoms. The number of anilines is 1. The summed E-state index contributed by atoms with van der Waals surface area (Å²) in [5, 5.41) is 3.71. The van der Waals surface area contributed by atoms with E-state index in [2.05, 4.69) is 37.2 Å². The van der Waals surface area contributed by atoms with E-state index in [1.807, 2.05) is 24.3 Å². The highest BCUT2D eigenvalue weighted by Gasteiger charge is 2.47. The molecule has 0 aliphatic carbocycles. The van der Waals surface area contributed by atoms with Crippen molar-refractivity contribution in [3.05, 3.63) is 53.1 Å². The second kappa shape index (κ2) is 5.21. The van der Waals surface area contributed by atoms with Crippen molar-refractivity contribution < 1.29 is 9.47 Å². The molecule has 0 bridgehead atoms. The van der Waals surface area contributed by atoms with E-state index < -0.39 is 0 Å². The van der Waals surface area contributed by atoms with E-state index in [4.69, 9.17) is 15.9 Å². The number of hydrogen-bond donors (Lipinski definition) is 1. The van der Waals surface area contributed by atoms with Crippen LogP contribution >= 0.6 is 0 Å². The Morgan fingerprint density at radius 3 is 2.88 bits per heavy atom. The molecule has 2 aliphatic rings. The molecule has 3 nitrogen and oxygen atoms in total. The summed E-state index contributed by atoms with van der Waals surface area (Å²) in [7, 11) is 1.71. The molecule has 0 unspecified atom stereocenters. The molecule has 0 amide bonds. The van der Waals surface area contributed by atoms with Gasteiger partial charge >= 0.3 is 0 Å². The second-order valence-corrected chi connectivity index (χ2v) is 7.04. The molecule has 0 saturated heterocycles. The topological polar surface area (TPSA) is 30.5 Å². The van der Waals surface area contributed by atoms with Gasteiger partial charge in [-0.2, -0.15) is 0 Å². The van der Waals surface area contributed by atoms with Gasteiger partial charge in [-0.3, -0.25) is 0 Å². The Hall–Kier alpha value is -2.60. The normalized spacial score (nSPS) is 22.8. The van der Waals surface area contributed by atoms with E-state index in [1.165, 1.54) is 5.56 Å². The minimum absolute atomic E-state index is 0.0589. The van der Waals surface area contributed by atoms with Crippen molar-refractivity contribution in [3.8, 4) is 23.8 Å². The molecule has 0 saturated carbocycles. The zero-order chi connectivity index (χ0) is 16.9. The van der Waals surface area contributed by atoms with Crippen molar-refractivity contribution in [1.82, 2.24) is 0 Å². The van der Waals surface area contributed by atoms with Crippen LogP contribution in [0.25, 0.3) is 0 Å². The minimum atomic E-state index is -0.0589. The molecular weight excluding hydrogens is 298 g/mol. The molecular formula is C21H21NO2. The smallest absolute Gasteiger partial charge is 0.128 e. The van der Waals surface area contributed by atoms with Gasteiger partial charge in [0.1, 0.15) is 11.5 Å². The van der Waals surface area contributed by atoms with Crippen molar-refractivity contribution in [2.45, 2.75) is 25.3 Å². The summed E-state index contributed by atoms with van der Waals surface area (Å²) in [5.74, 6) is 4.81. The summed E-state index contributed by atoms with van der Waals surface area (Å²) in [6.07, 6.45) is 5.59. The van der Waals surface area contributed by atoms with E-state index >= 15 is 0 Å². The van der Waals surface area contributed by atoms with Crippen LogP contribution in [-0.2, 0) is 5.41 Å². The first-order valence-corrected chi connectivity index (χ1v) is 8.23. The molecule has 0 radical (unpaired) electrons. The lowest BCUT2D eigenvalue weighted by molar-refractivity contribution is 0.133. The lowest BCUT2D eigenvalue weighted by Gasteiger charge is -2.48. The molecule has 0 spiro atoms. The van der Waals surface area contributed by atoms with Crippen LogP contribution in [0.5, 0.6) is 11.5 Å². The summed E-state index contributed by atoms with van der Waals surface area (Å²) >= 11 is 0. The van der Waals surface area contributed by atoms with Gasteiger partial charge in [-0.15, -0.1) is 6.42 Å². The third kappa shape index (κ3) is 1.99. The molecule has 2 aromatic carbocycles. The van der Waals surface area contributed by atoms with Gasteiger partial charge in [-0.25, -0.2) is 0 Å². The Morgan fingerprint density at radius 2 is 2.12 bits per heavy atom. The maximum absolute atomic E-state index is 6.08. The van der Waals surface area contributed by atoms with E-state index in [-0.39, 0.29) is 11.5 Å². The minimum Gasteiger partial charge on any atom is -0.496 e. The van der Waals surface area contributed by atoms with E-state index in [1.54, 1.807) is 7.11 Å². The maximum Gasteiger partial charge on any atom is 0.128 e. The summed E-state index contributed by atoms with van der Waals surface area (Å²) in [4.78, 5) is 0. The number of hydrogen-bond acceptors (Lipinski definition) is 3. The summed E-state index contributed by atoms with van der Waals surface area (Å²) in [6, 6.07) is 12.3. The number of nitrogens with one attached hydrogen (secondary N) is 1. The molecule has 2 aliphatic heterocycles. The summed E-state index contributed by atoms with van der Waals surface area (Å²) < 4.78 is 11.7. The van der Waals surface area contributed by atoms with Crippen LogP contribution in [0.15, 0.2) is 36.4 Å². The fourth-order valence-corrected chi connectivity index (χ4v) is 4.07. The molecule has 2 heterocycles. The average molecular weight is 319 g/mol. The Balaban J connectivity index is 1.89. The molecule has 0 aromatic heterocycles. The van der Waals surface area contributed by atoms with E-state index in [0.29, 0.717) is 12.5 Å². The van der Waals surface area contributed by atoms with Gasteiger partial charge < -0.3 is 14.8 Å². The average Bonchev–Trinajstić information content (AvgIpc) is 2.60. The highest BCUT2D eigenvalue weighted by Crippen LogP contribution is 2.53. The third-order valence-electron chi connectivity index (χ3n) is 5.50. The van der Waals surface area contributed by atoms with Crippen LogP contribution in [0.2, 0.25) is 0 Å². The van der Waals surface area contributed by atoms with Crippen LogP contribution < -0.4 is 14.8 Å². The van der Waals surface area contributed by atoms with Crippen LogP contribution in [0.4, 0.5) is 5.69 Å². The van der Waals surface area contributed by atoms with Gasteiger partial charge in [0.25, 0.3) is 0 Å². The van der Waals surface area contributed by atoms with Crippen molar-refractivity contribution >= 4 is 5.69 Å². The third-order valence-corrected chi connectivity index (χ3v) is 5.50. The fraction of sp³-hybridized carbons (Fsp3) is 0.333. The van der Waals surface area contributed by atoms with Gasteiger partial charge in [0.2, 0.25) is 0 Å². The molecule has 0 fully saturated rings. The fourth-order valence-electron chi connectivity index (χ4n) is 4.07. The maximum atomic E-state index is 6.08. The number of methoxy groups -OCH3 is 1.